The molecular weight excluding hydrogens is 294 g/mol. The van der Waals surface area contributed by atoms with Crippen molar-refractivity contribution in [3.8, 4) is 0 Å². The number of nitrogens with zero attached hydrogens (tertiary/aromatic N) is 1. The van der Waals surface area contributed by atoms with Crippen LogP contribution in [0.4, 0.5) is 5.69 Å². The van der Waals surface area contributed by atoms with Gasteiger partial charge >= 0.3 is 0 Å². The lowest BCUT2D eigenvalue weighted by Crippen LogP contribution is -2.27. The predicted molar refractivity (Wildman–Crippen MR) is 74.7 cm³/mol. The van der Waals surface area contributed by atoms with Gasteiger partial charge in [-0.1, -0.05) is 15.9 Å². The Balaban J connectivity index is 1.90. The average molecular weight is 310 g/mol. The number of rotatable bonds is 2. The molecule has 0 aromatic heterocycles. The average Bonchev–Trinajstić information content (AvgIpc) is 2.88. The second kappa shape index (κ2) is 4.55. The summed E-state index contributed by atoms with van der Waals surface area (Å²) in [6, 6.07) is 5.76. The van der Waals surface area contributed by atoms with Crippen molar-refractivity contribution in [2.75, 3.05) is 31.1 Å². The number of hydrogen-bond donors (Lipinski definition) is 2. The van der Waals surface area contributed by atoms with Crippen LogP contribution >= 0.6 is 15.9 Å². The SMILES string of the molecule is NC(=O)c1cc(Br)ccc1N1C[C@H]2CNC[C@H]2C1. The molecule has 2 aliphatic heterocycles. The van der Waals surface area contributed by atoms with Crippen molar-refractivity contribution in [3.63, 3.8) is 0 Å². The van der Waals surface area contributed by atoms with Crippen LogP contribution in [-0.4, -0.2) is 32.1 Å². The highest BCUT2D eigenvalue weighted by Crippen LogP contribution is 2.33. The van der Waals surface area contributed by atoms with Gasteiger partial charge in [0.2, 0.25) is 0 Å². The molecule has 0 aliphatic carbocycles. The number of carbonyl (C=O) groups excluding carboxylic acids is 1. The lowest BCUT2D eigenvalue weighted by atomic mass is 10.0. The standard InChI is InChI=1S/C13H16BrN3O/c14-10-1-2-12(11(3-10)13(15)18)17-6-8-4-16-5-9(8)7-17/h1-3,8-9,16H,4-7H2,(H2,15,18)/t8-,9+. The number of hydrogen-bond acceptors (Lipinski definition) is 3. The highest BCUT2D eigenvalue weighted by atomic mass is 79.9. The van der Waals surface area contributed by atoms with Gasteiger partial charge < -0.3 is 16.0 Å². The Kier molecular flexibility index (Phi) is 3.03. The van der Waals surface area contributed by atoms with Crippen LogP contribution in [0.2, 0.25) is 0 Å². The smallest absolute Gasteiger partial charge is 0.250 e. The first-order chi connectivity index (χ1) is 8.65. The fourth-order valence-corrected chi connectivity index (χ4v) is 3.39. The third-order valence-corrected chi connectivity index (χ3v) is 4.45. The van der Waals surface area contributed by atoms with Crippen molar-refractivity contribution in [2.24, 2.45) is 17.6 Å². The maximum absolute atomic E-state index is 11.5. The van der Waals surface area contributed by atoms with E-state index in [0.29, 0.717) is 17.4 Å². The molecule has 3 N–H and O–H groups in total. The van der Waals surface area contributed by atoms with Crippen molar-refractivity contribution < 1.29 is 4.79 Å². The number of primary amides is 1. The lowest BCUT2D eigenvalue weighted by Gasteiger charge is -2.22. The van der Waals surface area contributed by atoms with E-state index in [1.165, 1.54) is 0 Å². The van der Waals surface area contributed by atoms with Gasteiger partial charge in [0.05, 0.1) is 5.56 Å². The molecule has 2 heterocycles. The van der Waals surface area contributed by atoms with Gasteiger partial charge in [-0.3, -0.25) is 4.79 Å². The van der Waals surface area contributed by atoms with E-state index in [-0.39, 0.29) is 5.91 Å². The fraction of sp³-hybridized carbons (Fsp3) is 0.462. The van der Waals surface area contributed by atoms with Gasteiger partial charge in [0.1, 0.15) is 0 Å². The monoisotopic (exact) mass is 309 g/mol. The van der Waals surface area contributed by atoms with Crippen molar-refractivity contribution in [1.29, 1.82) is 0 Å². The summed E-state index contributed by atoms with van der Waals surface area (Å²) in [7, 11) is 0. The Hall–Kier alpha value is -1.07. The van der Waals surface area contributed by atoms with Gasteiger partial charge in [0.25, 0.3) is 5.91 Å². The molecule has 2 aliphatic rings. The largest absolute Gasteiger partial charge is 0.370 e. The molecule has 1 aromatic carbocycles. The van der Waals surface area contributed by atoms with E-state index in [9.17, 15) is 4.79 Å². The van der Waals surface area contributed by atoms with Gasteiger partial charge in [-0.2, -0.15) is 0 Å². The molecule has 0 spiro atoms. The minimum absolute atomic E-state index is 0.360. The fourth-order valence-electron chi connectivity index (χ4n) is 3.03. The highest BCUT2D eigenvalue weighted by molar-refractivity contribution is 9.10. The first-order valence-corrected chi connectivity index (χ1v) is 6.99. The molecule has 2 atom stereocenters. The molecule has 0 bridgehead atoms. The molecule has 2 saturated heterocycles. The number of nitrogens with two attached hydrogens (primary N) is 1. The quantitative estimate of drug-likeness (QED) is 0.863. The normalized spacial score (nSPS) is 26.4. The minimum Gasteiger partial charge on any atom is -0.370 e. The number of amides is 1. The van der Waals surface area contributed by atoms with Crippen LogP contribution in [0.25, 0.3) is 0 Å². The van der Waals surface area contributed by atoms with Gasteiger partial charge in [-0.15, -0.1) is 0 Å². The molecule has 4 nitrogen and oxygen atoms in total. The summed E-state index contributed by atoms with van der Waals surface area (Å²) in [5, 5.41) is 3.42. The molecule has 0 unspecified atom stereocenters. The van der Waals surface area contributed by atoms with E-state index in [1.54, 1.807) is 0 Å². The molecule has 18 heavy (non-hydrogen) atoms. The third-order valence-electron chi connectivity index (χ3n) is 3.95. The number of fused-ring (bicyclic) bond motifs is 1. The first-order valence-electron chi connectivity index (χ1n) is 6.20. The van der Waals surface area contributed by atoms with E-state index in [0.717, 1.165) is 36.3 Å². The van der Waals surface area contributed by atoms with E-state index < -0.39 is 0 Å². The number of anilines is 1. The lowest BCUT2D eigenvalue weighted by molar-refractivity contribution is 0.100. The molecule has 0 saturated carbocycles. The van der Waals surface area contributed by atoms with Crippen molar-refractivity contribution >= 4 is 27.5 Å². The van der Waals surface area contributed by atoms with Crippen LogP contribution in [0, 0.1) is 11.8 Å². The summed E-state index contributed by atoms with van der Waals surface area (Å²) < 4.78 is 0.890. The molecule has 5 heteroatoms. The summed E-state index contributed by atoms with van der Waals surface area (Å²) in [5.74, 6) is 1.05. The molecular formula is C13H16BrN3O. The van der Waals surface area contributed by atoms with E-state index in [2.05, 4.69) is 26.1 Å². The zero-order valence-corrected chi connectivity index (χ0v) is 11.6. The third kappa shape index (κ3) is 2.01. The molecule has 3 rings (SSSR count). The molecule has 1 aromatic rings. The maximum Gasteiger partial charge on any atom is 0.250 e. The van der Waals surface area contributed by atoms with E-state index in [4.69, 9.17) is 5.73 Å². The zero-order chi connectivity index (χ0) is 12.7. The zero-order valence-electron chi connectivity index (χ0n) is 10.0. The Labute approximate surface area is 115 Å². The van der Waals surface area contributed by atoms with Crippen LogP contribution < -0.4 is 16.0 Å². The van der Waals surface area contributed by atoms with Crippen LogP contribution in [0.15, 0.2) is 22.7 Å². The molecule has 96 valence electrons. The van der Waals surface area contributed by atoms with Crippen LogP contribution in [0.1, 0.15) is 10.4 Å². The van der Waals surface area contributed by atoms with Gasteiger partial charge in [0.15, 0.2) is 0 Å². The summed E-state index contributed by atoms with van der Waals surface area (Å²) in [5.41, 5.74) is 7.05. The topological polar surface area (TPSA) is 58.4 Å². The van der Waals surface area contributed by atoms with Gasteiger partial charge in [-0.25, -0.2) is 0 Å². The van der Waals surface area contributed by atoms with Crippen molar-refractivity contribution in [1.82, 2.24) is 5.32 Å². The Morgan fingerprint density at radius 3 is 2.61 bits per heavy atom. The van der Waals surface area contributed by atoms with Crippen LogP contribution in [0.3, 0.4) is 0 Å². The second-order valence-corrected chi connectivity index (χ2v) is 6.02. The summed E-state index contributed by atoms with van der Waals surface area (Å²) in [4.78, 5) is 13.8. The number of nitrogens with one attached hydrogen (secondary N) is 1. The highest BCUT2D eigenvalue weighted by Gasteiger charge is 2.36. The predicted octanol–water partition coefficient (Wildman–Crippen LogP) is 1.20. The Bertz CT molecular complexity index is 479. The summed E-state index contributed by atoms with van der Waals surface area (Å²) >= 11 is 3.39. The molecule has 1 amide bonds. The Morgan fingerprint density at radius 2 is 2.00 bits per heavy atom. The van der Waals surface area contributed by atoms with Crippen molar-refractivity contribution in [3.05, 3.63) is 28.2 Å². The molecule has 0 radical (unpaired) electrons. The minimum atomic E-state index is -0.360. The number of carbonyl (C=O) groups is 1. The van der Waals surface area contributed by atoms with Gasteiger partial charge in [-0.05, 0) is 30.0 Å². The summed E-state index contributed by atoms with van der Waals surface area (Å²) in [6.45, 7) is 4.20. The van der Waals surface area contributed by atoms with E-state index >= 15 is 0 Å². The van der Waals surface area contributed by atoms with E-state index in [1.807, 2.05) is 18.2 Å². The molecule has 2 fully saturated rings. The first kappa shape index (κ1) is 12.0. The van der Waals surface area contributed by atoms with Crippen LogP contribution in [-0.2, 0) is 0 Å². The van der Waals surface area contributed by atoms with Gasteiger partial charge in [0, 0.05) is 36.3 Å². The van der Waals surface area contributed by atoms with Crippen LogP contribution in [0.5, 0.6) is 0 Å². The Morgan fingerprint density at radius 1 is 1.33 bits per heavy atom. The van der Waals surface area contributed by atoms with Crippen molar-refractivity contribution in [2.45, 2.75) is 0 Å². The number of halogens is 1. The maximum atomic E-state index is 11.5. The summed E-state index contributed by atoms with van der Waals surface area (Å²) in [6.07, 6.45) is 0. The number of benzene rings is 1. The second-order valence-electron chi connectivity index (χ2n) is 5.11.